The van der Waals surface area contributed by atoms with Gasteiger partial charge in [0.1, 0.15) is 5.75 Å². The van der Waals surface area contributed by atoms with Gasteiger partial charge in [0.15, 0.2) is 0 Å². The Labute approximate surface area is 123 Å². The Morgan fingerprint density at radius 2 is 1.38 bits per heavy atom. The maximum atomic E-state index is 11.0. The molecule has 0 unspecified atom stereocenters. The summed E-state index contributed by atoms with van der Waals surface area (Å²) in [5.74, 6) is -0.313. The number of rotatable bonds is 2. The van der Waals surface area contributed by atoms with Crippen LogP contribution in [0.25, 0.3) is 0 Å². The van der Waals surface area contributed by atoms with Gasteiger partial charge in [0, 0.05) is 14.1 Å². The Morgan fingerprint density at radius 1 is 0.905 bits per heavy atom. The molecule has 0 saturated carbocycles. The number of ether oxygens (including phenoxy) is 1. The lowest BCUT2D eigenvalue weighted by molar-refractivity contribution is 0.0697. The van der Waals surface area contributed by atoms with Crippen LogP contribution in [-0.2, 0) is 0 Å². The van der Waals surface area contributed by atoms with Crippen LogP contribution in [0.2, 0.25) is 0 Å². The number of nitrogens with zero attached hydrogens (tertiary/aromatic N) is 1. The van der Waals surface area contributed by atoms with Gasteiger partial charge in [0.05, 0.1) is 5.56 Å². The van der Waals surface area contributed by atoms with E-state index in [0.717, 1.165) is 0 Å². The first-order valence-electron chi connectivity index (χ1n) is 6.23. The third-order valence-electron chi connectivity index (χ3n) is 2.33. The fourth-order valence-electron chi connectivity index (χ4n) is 1.26. The molecular weight excluding hydrogens is 270 g/mol. The van der Waals surface area contributed by atoms with Gasteiger partial charge in [-0.25, -0.2) is 9.59 Å². The van der Waals surface area contributed by atoms with Gasteiger partial charge >= 0.3 is 12.1 Å². The van der Waals surface area contributed by atoms with Crippen LogP contribution in [0.5, 0.6) is 5.75 Å². The molecular formula is C16H17NO4. The Morgan fingerprint density at radius 3 is 1.76 bits per heavy atom. The zero-order chi connectivity index (χ0) is 15.7. The van der Waals surface area contributed by atoms with Crippen LogP contribution in [-0.4, -0.2) is 36.2 Å². The topological polar surface area (TPSA) is 66.8 Å². The Hall–Kier alpha value is -2.82. The van der Waals surface area contributed by atoms with E-state index in [1.807, 2.05) is 18.2 Å². The lowest BCUT2D eigenvalue weighted by Crippen LogP contribution is -2.25. The summed E-state index contributed by atoms with van der Waals surface area (Å²) in [6.07, 6.45) is -0.360. The third kappa shape index (κ3) is 6.24. The van der Waals surface area contributed by atoms with Crippen LogP contribution in [0.15, 0.2) is 60.7 Å². The van der Waals surface area contributed by atoms with Gasteiger partial charge in [0.2, 0.25) is 0 Å². The fourth-order valence-corrected chi connectivity index (χ4v) is 1.26. The second-order valence-corrected chi connectivity index (χ2v) is 4.25. The molecule has 0 heterocycles. The minimum atomic E-state index is -0.879. The van der Waals surface area contributed by atoms with Gasteiger partial charge in [-0.2, -0.15) is 0 Å². The van der Waals surface area contributed by atoms with Crippen LogP contribution in [0.4, 0.5) is 4.79 Å². The zero-order valence-electron chi connectivity index (χ0n) is 11.9. The Bertz CT molecular complexity index is 567. The number of hydrogen-bond donors (Lipinski definition) is 1. The predicted molar refractivity (Wildman–Crippen MR) is 79.6 cm³/mol. The first-order valence-corrected chi connectivity index (χ1v) is 6.23. The van der Waals surface area contributed by atoms with Crippen molar-refractivity contribution in [2.24, 2.45) is 0 Å². The highest BCUT2D eigenvalue weighted by Crippen LogP contribution is 2.08. The number of carboxylic acids is 1. The van der Waals surface area contributed by atoms with Crippen molar-refractivity contribution >= 4 is 12.1 Å². The molecule has 0 saturated heterocycles. The first kappa shape index (κ1) is 16.2. The Kier molecular flexibility index (Phi) is 6.47. The van der Waals surface area contributed by atoms with Crippen LogP contribution in [0.1, 0.15) is 10.4 Å². The number of hydrogen-bond acceptors (Lipinski definition) is 3. The number of para-hydroxylation sites is 1. The molecule has 2 aromatic carbocycles. The molecule has 5 nitrogen and oxygen atoms in total. The van der Waals surface area contributed by atoms with Gasteiger partial charge in [-0.05, 0) is 24.3 Å². The molecule has 0 aromatic heterocycles. The largest absolute Gasteiger partial charge is 0.478 e. The predicted octanol–water partition coefficient (Wildman–Crippen LogP) is 3.13. The highest BCUT2D eigenvalue weighted by atomic mass is 16.6. The standard InChI is InChI=1S/C9H11NO2.C7H6O2/c1-10(2)9(11)12-8-6-4-3-5-7-8;8-7(9)6-4-2-1-3-5-6/h3-7H,1-2H3;1-5H,(H,8,9). The molecule has 0 aliphatic rings. The van der Waals surface area contributed by atoms with E-state index in [9.17, 15) is 9.59 Å². The van der Waals surface area contributed by atoms with Crippen molar-refractivity contribution in [3.63, 3.8) is 0 Å². The van der Waals surface area contributed by atoms with Gasteiger partial charge in [0.25, 0.3) is 0 Å². The summed E-state index contributed by atoms with van der Waals surface area (Å²) in [6, 6.07) is 17.3. The number of carbonyl (C=O) groups is 2. The van der Waals surface area contributed by atoms with Crippen molar-refractivity contribution in [1.82, 2.24) is 4.90 Å². The Balaban J connectivity index is 0.000000219. The molecule has 2 aromatic rings. The lowest BCUT2D eigenvalue weighted by Gasteiger charge is -2.09. The van der Waals surface area contributed by atoms with E-state index in [4.69, 9.17) is 9.84 Å². The molecule has 5 heteroatoms. The average molecular weight is 287 g/mol. The minimum Gasteiger partial charge on any atom is -0.478 e. The number of carbonyl (C=O) groups excluding carboxylic acids is 1. The summed E-state index contributed by atoms with van der Waals surface area (Å²) in [5.41, 5.74) is 0.331. The van der Waals surface area contributed by atoms with Crippen molar-refractivity contribution in [3.05, 3.63) is 66.2 Å². The molecule has 21 heavy (non-hydrogen) atoms. The number of carboxylic acid groups (broad SMARTS) is 1. The zero-order valence-corrected chi connectivity index (χ0v) is 11.9. The van der Waals surface area contributed by atoms with E-state index in [-0.39, 0.29) is 6.09 Å². The van der Waals surface area contributed by atoms with Crippen molar-refractivity contribution in [2.45, 2.75) is 0 Å². The van der Waals surface area contributed by atoms with Crippen LogP contribution in [0, 0.1) is 0 Å². The lowest BCUT2D eigenvalue weighted by atomic mass is 10.2. The van der Waals surface area contributed by atoms with Crippen LogP contribution < -0.4 is 4.74 Å². The van der Waals surface area contributed by atoms with Gasteiger partial charge in [-0.1, -0.05) is 36.4 Å². The molecule has 2 rings (SSSR count). The van der Waals surface area contributed by atoms with Gasteiger partial charge < -0.3 is 14.7 Å². The smallest absolute Gasteiger partial charge is 0.414 e. The summed E-state index contributed by atoms with van der Waals surface area (Å²) in [6.45, 7) is 0. The van der Waals surface area contributed by atoms with E-state index in [2.05, 4.69) is 0 Å². The third-order valence-corrected chi connectivity index (χ3v) is 2.33. The summed E-state index contributed by atoms with van der Waals surface area (Å²) in [7, 11) is 3.29. The number of benzene rings is 2. The first-order chi connectivity index (χ1) is 10.0. The molecule has 0 atom stereocenters. The summed E-state index contributed by atoms with van der Waals surface area (Å²) >= 11 is 0. The molecule has 0 fully saturated rings. The van der Waals surface area contributed by atoms with Crippen molar-refractivity contribution in [1.29, 1.82) is 0 Å². The van der Waals surface area contributed by atoms with E-state index < -0.39 is 5.97 Å². The monoisotopic (exact) mass is 287 g/mol. The summed E-state index contributed by atoms with van der Waals surface area (Å²) < 4.78 is 4.96. The van der Waals surface area contributed by atoms with E-state index >= 15 is 0 Å². The minimum absolute atomic E-state index is 0.331. The molecule has 0 bridgehead atoms. The maximum absolute atomic E-state index is 11.0. The highest BCUT2D eigenvalue weighted by molar-refractivity contribution is 5.87. The normalized spacial score (nSPS) is 9.05. The van der Waals surface area contributed by atoms with E-state index in [0.29, 0.717) is 11.3 Å². The molecule has 0 aliphatic carbocycles. The van der Waals surface area contributed by atoms with Crippen molar-refractivity contribution in [2.75, 3.05) is 14.1 Å². The van der Waals surface area contributed by atoms with E-state index in [1.165, 1.54) is 4.90 Å². The molecule has 110 valence electrons. The summed E-state index contributed by atoms with van der Waals surface area (Å²) in [5, 5.41) is 8.38. The van der Waals surface area contributed by atoms with Crippen molar-refractivity contribution < 1.29 is 19.4 Å². The van der Waals surface area contributed by atoms with Gasteiger partial charge in [-0.15, -0.1) is 0 Å². The number of aromatic carboxylic acids is 1. The fraction of sp³-hybridized carbons (Fsp3) is 0.125. The second kappa shape index (κ2) is 8.37. The SMILES string of the molecule is CN(C)C(=O)Oc1ccccc1.O=C(O)c1ccccc1. The molecule has 1 N–H and O–H groups in total. The molecule has 0 spiro atoms. The van der Waals surface area contributed by atoms with Gasteiger partial charge in [-0.3, -0.25) is 0 Å². The molecule has 1 amide bonds. The van der Waals surface area contributed by atoms with Crippen LogP contribution in [0.3, 0.4) is 0 Å². The summed E-state index contributed by atoms with van der Waals surface area (Å²) in [4.78, 5) is 22.6. The highest BCUT2D eigenvalue weighted by Gasteiger charge is 2.04. The average Bonchev–Trinajstić information content (AvgIpc) is 2.49. The molecule has 0 radical (unpaired) electrons. The van der Waals surface area contributed by atoms with Crippen LogP contribution >= 0.6 is 0 Å². The maximum Gasteiger partial charge on any atom is 0.414 e. The van der Waals surface area contributed by atoms with E-state index in [1.54, 1.807) is 56.6 Å². The number of amides is 1. The second-order valence-electron chi connectivity index (χ2n) is 4.25. The molecule has 0 aliphatic heterocycles. The van der Waals surface area contributed by atoms with Crippen molar-refractivity contribution in [3.8, 4) is 5.75 Å². The quantitative estimate of drug-likeness (QED) is 0.921.